The van der Waals surface area contributed by atoms with Gasteiger partial charge in [0, 0.05) is 17.6 Å². The lowest BCUT2D eigenvalue weighted by atomic mass is 10.1. The molecule has 1 fully saturated rings. The van der Waals surface area contributed by atoms with Crippen molar-refractivity contribution < 1.29 is 4.79 Å². The van der Waals surface area contributed by atoms with Gasteiger partial charge in [-0.05, 0) is 40.9 Å². The minimum absolute atomic E-state index is 0.0683. The van der Waals surface area contributed by atoms with E-state index < -0.39 is 0 Å². The highest BCUT2D eigenvalue weighted by Crippen LogP contribution is 2.24. The zero-order chi connectivity index (χ0) is 11.7. The normalized spacial score (nSPS) is 20.2. The first-order valence-corrected chi connectivity index (χ1v) is 6.51. The van der Waals surface area contributed by atoms with Crippen LogP contribution in [-0.2, 0) is 0 Å². The Morgan fingerprint density at radius 2 is 2.31 bits per heavy atom. The largest absolute Gasteiger partial charge is 0.337 e. The number of benzene rings is 1. The summed E-state index contributed by atoms with van der Waals surface area (Å²) < 4.78 is 0.887. The molecule has 1 amide bonds. The quantitative estimate of drug-likeness (QED) is 0.730. The summed E-state index contributed by atoms with van der Waals surface area (Å²) in [5.41, 5.74) is 1.80. The third kappa shape index (κ3) is 2.25. The Morgan fingerprint density at radius 1 is 1.56 bits per heavy atom. The molecular weight excluding hydrogens is 289 g/mol. The molecule has 1 heterocycles. The van der Waals surface area contributed by atoms with Crippen LogP contribution in [-0.4, -0.2) is 29.3 Å². The van der Waals surface area contributed by atoms with Crippen LogP contribution in [0.25, 0.3) is 0 Å². The molecule has 0 saturated carbocycles. The number of likely N-dealkylation sites (tertiary alicyclic amines) is 1. The summed E-state index contributed by atoms with van der Waals surface area (Å²) in [5.74, 6) is 0.0683. The van der Waals surface area contributed by atoms with Crippen LogP contribution in [0.1, 0.15) is 22.3 Å². The van der Waals surface area contributed by atoms with E-state index in [0.717, 1.165) is 28.6 Å². The average Bonchev–Trinajstić information content (AvgIpc) is 2.68. The molecule has 0 N–H and O–H groups in total. The molecule has 0 aromatic heterocycles. The number of carbonyl (C=O) groups excluding carboxylic acids is 1. The fourth-order valence-corrected chi connectivity index (χ4v) is 2.58. The first-order valence-electron chi connectivity index (χ1n) is 5.28. The van der Waals surface area contributed by atoms with Gasteiger partial charge in [-0.25, -0.2) is 0 Å². The molecule has 1 saturated heterocycles. The maximum Gasteiger partial charge on any atom is 0.255 e. The molecule has 4 heteroatoms. The van der Waals surface area contributed by atoms with Crippen molar-refractivity contribution in [3.63, 3.8) is 0 Å². The van der Waals surface area contributed by atoms with Crippen LogP contribution in [0.3, 0.4) is 0 Å². The van der Waals surface area contributed by atoms with Gasteiger partial charge in [0.1, 0.15) is 0 Å². The Labute approximate surface area is 109 Å². The number of rotatable bonds is 1. The smallest absolute Gasteiger partial charge is 0.255 e. The highest BCUT2D eigenvalue weighted by Gasteiger charge is 2.26. The fourth-order valence-electron chi connectivity index (χ4n) is 1.89. The number of nitrogens with zero attached hydrogens (tertiary/aromatic N) is 1. The minimum Gasteiger partial charge on any atom is -0.337 e. The molecule has 0 spiro atoms. The topological polar surface area (TPSA) is 20.3 Å². The number of amides is 1. The molecule has 1 aromatic rings. The zero-order valence-corrected chi connectivity index (χ0v) is 11.4. The molecule has 2 rings (SSSR count). The van der Waals surface area contributed by atoms with E-state index in [2.05, 4.69) is 15.9 Å². The Morgan fingerprint density at radius 3 is 2.94 bits per heavy atom. The molecule has 1 atom stereocenters. The number of aryl methyl sites for hydroxylation is 1. The first-order chi connectivity index (χ1) is 7.59. The van der Waals surface area contributed by atoms with Gasteiger partial charge in [0.15, 0.2) is 0 Å². The van der Waals surface area contributed by atoms with Crippen LogP contribution in [0, 0.1) is 6.92 Å². The lowest BCUT2D eigenvalue weighted by Crippen LogP contribution is -2.29. The predicted molar refractivity (Wildman–Crippen MR) is 69.0 cm³/mol. The second-order valence-corrected chi connectivity index (χ2v) is 5.48. The molecule has 1 aliphatic heterocycles. The van der Waals surface area contributed by atoms with Crippen molar-refractivity contribution in [2.75, 3.05) is 13.1 Å². The van der Waals surface area contributed by atoms with E-state index in [0.29, 0.717) is 6.54 Å². The van der Waals surface area contributed by atoms with E-state index in [4.69, 9.17) is 11.6 Å². The Balaban J connectivity index is 2.24. The summed E-state index contributed by atoms with van der Waals surface area (Å²) in [5, 5.41) is 0.104. The summed E-state index contributed by atoms with van der Waals surface area (Å²) in [6, 6.07) is 5.73. The summed E-state index contributed by atoms with van der Waals surface area (Å²) in [6.45, 7) is 3.39. The SMILES string of the molecule is Cc1cccc(C(=O)N2CCC(Cl)C2)c1Br. The van der Waals surface area contributed by atoms with Crippen LogP contribution >= 0.6 is 27.5 Å². The monoisotopic (exact) mass is 301 g/mol. The Hall–Kier alpha value is -0.540. The second-order valence-electron chi connectivity index (χ2n) is 4.07. The summed E-state index contributed by atoms with van der Waals surface area (Å²) in [6.07, 6.45) is 0.886. The van der Waals surface area contributed by atoms with Gasteiger partial charge in [-0.1, -0.05) is 12.1 Å². The van der Waals surface area contributed by atoms with E-state index in [9.17, 15) is 4.79 Å². The van der Waals surface area contributed by atoms with Crippen LogP contribution < -0.4 is 0 Å². The van der Waals surface area contributed by atoms with E-state index in [1.54, 1.807) is 0 Å². The van der Waals surface area contributed by atoms with Crippen LogP contribution in [0.15, 0.2) is 22.7 Å². The maximum absolute atomic E-state index is 12.2. The Bertz CT molecular complexity index is 421. The van der Waals surface area contributed by atoms with E-state index in [1.165, 1.54) is 0 Å². The number of halogens is 2. The van der Waals surface area contributed by atoms with Gasteiger partial charge in [-0.2, -0.15) is 0 Å². The number of carbonyl (C=O) groups is 1. The van der Waals surface area contributed by atoms with Crippen LogP contribution in [0.2, 0.25) is 0 Å². The molecule has 0 bridgehead atoms. The summed E-state index contributed by atoms with van der Waals surface area (Å²) in [4.78, 5) is 14.0. The Kier molecular flexibility index (Phi) is 3.55. The fraction of sp³-hybridized carbons (Fsp3) is 0.417. The van der Waals surface area contributed by atoms with Gasteiger partial charge in [0.05, 0.1) is 10.9 Å². The molecular formula is C12H13BrClNO. The first kappa shape index (κ1) is 11.9. The lowest BCUT2D eigenvalue weighted by Gasteiger charge is -2.17. The molecule has 2 nitrogen and oxygen atoms in total. The van der Waals surface area contributed by atoms with E-state index in [1.807, 2.05) is 30.0 Å². The van der Waals surface area contributed by atoms with Gasteiger partial charge >= 0.3 is 0 Å². The standard InChI is InChI=1S/C12H13BrClNO/c1-8-3-2-4-10(11(8)13)12(16)15-6-5-9(14)7-15/h2-4,9H,5-7H2,1H3. The van der Waals surface area contributed by atoms with Crippen molar-refractivity contribution in [3.05, 3.63) is 33.8 Å². The van der Waals surface area contributed by atoms with E-state index >= 15 is 0 Å². The summed E-state index contributed by atoms with van der Waals surface area (Å²) >= 11 is 9.47. The highest BCUT2D eigenvalue weighted by atomic mass is 79.9. The van der Waals surface area contributed by atoms with Crippen molar-refractivity contribution in [2.45, 2.75) is 18.7 Å². The second kappa shape index (κ2) is 4.76. The van der Waals surface area contributed by atoms with Crippen molar-refractivity contribution in [2.24, 2.45) is 0 Å². The molecule has 1 aromatic carbocycles. The third-order valence-electron chi connectivity index (χ3n) is 2.84. The van der Waals surface area contributed by atoms with Gasteiger partial charge in [-0.15, -0.1) is 11.6 Å². The van der Waals surface area contributed by atoms with Gasteiger partial charge in [0.2, 0.25) is 0 Å². The predicted octanol–water partition coefficient (Wildman–Crippen LogP) is 3.21. The van der Waals surface area contributed by atoms with Crippen molar-refractivity contribution in [3.8, 4) is 0 Å². The number of hydrogen-bond acceptors (Lipinski definition) is 1. The van der Waals surface area contributed by atoms with Crippen molar-refractivity contribution >= 4 is 33.4 Å². The van der Waals surface area contributed by atoms with Crippen LogP contribution in [0.4, 0.5) is 0 Å². The third-order valence-corrected chi connectivity index (χ3v) is 4.25. The molecule has 0 aliphatic carbocycles. The van der Waals surface area contributed by atoms with Crippen LogP contribution in [0.5, 0.6) is 0 Å². The van der Waals surface area contributed by atoms with Crippen molar-refractivity contribution in [1.29, 1.82) is 0 Å². The molecule has 16 heavy (non-hydrogen) atoms. The van der Waals surface area contributed by atoms with Gasteiger partial charge in [0.25, 0.3) is 5.91 Å². The van der Waals surface area contributed by atoms with Gasteiger partial charge in [-0.3, -0.25) is 4.79 Å². The highest BCUT2D eigenvalue weighted by molar-refractivity contribution is 9.10. The number of alkyl halides is 1. The average molecular weight is 303 g/mol. The number of hydrogen-bond donors (Lipinski definition) is 0. The molecule has 86 valence electrons. The molecule has 0 radical (unpaired) electrons. The molecule has 1 unspecified atom stereocenters. The van der Waals surface area contributed by atoms with E-state index in [-0.39, 0.29) is 11.3 Å². The lowest BCUT2D eigenvalue weighted by molar-refractivity contribution is 0.0792. The minimum atomic E-state index is 0.0683. The molecule has 1 aliphatic rings. The summed E-state index contributed by atoms with van der Waals surface area (Å²) in [7, 11) is 0. The van der Waals surface area contributed by atoms with Gasteiger partial charge < -0.3 is 4.90 Å². The van der Waals surface area contributed by atoms with Crippen molar-refractivity contribution in [1.82, 2.24) is 4.90 Å². The zero-order valence-electron chi connectivity index (χ0n) is 9.04. The maximum atomic E-state index is 12.2.